The van der Waals surface area contributed by atoms with E-state index in [0.717, 1.165) is 35.2 Å². The Morgan fingerprint density at radius 3 is 2.48 bits per heavy atom. The third-order valence-electron chi connectivity index (χ3n) is 5.21. The van der Waals surface area contributed by atoms with E-state index in [0.29, 0.717) is 35.4 Å². The van der Waals surface area contributed by atoms with E-state index in [4.69, 9.17) is 24.4 Å². The van der Waals surface area contributed by atoms with Gasteiger partial charge in [0.25, 0.3) is 0 Å². The number of carboxylic acid groups (broad SMARTS) is 1. The van der Waals surface area contributed by atoms with Crippen molar-refractivity contribution in [2.45, 2.75) is 40.2 Å². The number of carboxylic acids is 1. The zero-order valence-electron chi connectivity index (χ0n) is 19.9. The Morgan fingerprint density at radius 1 is 1.06 bits per heavy atom. The summed E-state index contributed by atoms with van der Waals surface area (Å²) in [5.41, 5.74) is 4.39. The van der Waals surface area contributed by atoms with Gasteiger partial charge in [-0.2, -0.15) is 5.10 Å². The van der Waals surface area contributed by atoms with Crippen molar-refractivity contribution in [3.63, 3.8) is 0 Å². The molecule has 7 heteroatoms. The summed E-state index contributed by atoms with van der Waals surface area (Å²) in [6, 6.07) is 13.6. The highest BCUT2D eigenvalue weighted by molar-refractivity contribution is 5.78. The van der Waals surface area contributed by atoms with E-state index in [1.54, 1.807) is 14.2 Å². The van der Waals surface area contributed by atoms with E-state index in [2.05, 4.69) is 20.8 Å². The molecule has 0 atom stereocenters. The van der Waals surface area contributed by atoms with E-state index in [1.165, 1.54) is 0 Å². The van der Waals surface area contributed by atoms with Gasteiger partial charge >= 0.3 is 5.97 Å². The first-order valence-corrected chi connectivity index (χ1v) is 11.1. The molecule has 0 radical (unpaired) electrons. The Labute approximate surface area is 194 Å². The van der Waals surface area contributed by atoms with Gasteiger partial charge in [-0.15, -0.1) is 0 Å². The van der Waals surface area contributed by atoms with Gasteiger partial charge in [0.2, 0.25) is 0 Å². The summed E-state index contributed by atoms with van der Waals surface area (Å²) in [4.78, 5) is 11.1. The molecule has 0 saturated carbocycles. The second-order valence-corrected chi connectivity index (χ2v) is 8.29. The quantitative estimate of drug-likeness (QED) is 0.425. The van der Waals surface area contributed by atoms with Crippen LogP contribution in [0.4, 0.5) is 0 Å². The summed E-state index contributed by atoms with van der Waals surface area (Å²) in [5.74, 6) is 1.12. The predicted octanol–water partition coefficient (Wildman–Crippen LogP) is 5.31. The largest absolute Gasteiger partial charge is 0.493 e. The molecule has 0 aliphatic heterocycles. The maximum atomic E-state index is 11.1. The Bertz CT molecular complexity index is 1100. The first kappa shape index (κ1) is 24.2. The fraction of sp³-hybridized carbons (Fsp3) is 0.385. The minimum Gasteiger partial charge on any atom is -0.493 e. The highest BCUT2D eigenvalue weighted by Gasteiger charge is 2.20. The van der Waals surface area contributed by atoms with Gasteiger partial charge in [0.15, 0.2) is 18.1 Å². The number of rotatable bonds is 11. The number of hydrogen-bond donors (Lipinski definition) is 1. The van der Waals surface area contributed by atoms with Gasteiger partial charge in [0.05, 0.1) is 25.6 Å². The number of aryl methyl sites for hydroxylation is 1. The fourth-order valence-electron chi connectivity index (χ4n) is 3.83. The SMILES string of the molecule is CCCc1ccc(OCC(=O)O)c(-c2cc(-c3cccc(OC)c3OC)n(CC(C)C)n2)c1. The lowest BCUT2D eigenvalue weighted by Gasteiger charge is -2.14. The van der Waals surface area contributed by atoms with Crippen molar-refractivity contribution in [2.75, 3.05) is 20.8 Å². The molecule has 0 bridgehead atoms. The van der Waals surface area contributed by atoms with Crippen molar-refractivity contribution < 1.29 is 24.1 Å². The van der Waals surface area contributed by atoms with Crippen LogP contribution in [0.25, 0.3) is 22.5 Å². The van der Waals surface area contributed by atoms with Crippen LogP contribution in [0.2, 0.25) is 0 Å². The molecule has 0 spiro atoms. The molecule has 33 heavy (non-hydrogen) atoms. The zero-order valence-corrected chi connectivity index (χ0v) is 19.9. The molecular formula is C26H32N2O5. The van der Waals surface area contributed by atoms with Gasteiger partial charge in [-0.05, 0) is 48.2 Å². The van der Waals surface area contributed by atoms with Crippen LogP contribution in [0, 0.1) is 5.92 Å². The molecule has 3 rings (SSSR count). The van der Waals surface area contributed by atoms with Crippen LogP contribution in [0.3, 0.4) is 0 Å². The average molecular weight is 453 g/mol. The second kappa shape index (κ2) is 10.9. The molecule has 3 aromatic rings. The molecule has 7 nitrogen and oxygen atoms in total. The molecule has 176 valence electrons. The Balaban J connectivity index is 2.18. The minimum atomic E-state index is -1.02. The number of aromatic nitrogens is 2. The van der Waals surface area contributed by atoms with E-state index >= 15 is 0 Å². The third-order valence-corrected chi connectivity index (χ3v) is 5.21. The van der Waals surface area contributed by atoms with Crippen molar-refractivity contribution >= 4 is 5.97 Å². The first-order valence-electron chi connectivity index (χ1n) is 11.1. The van der Waals surface area contributed by atoms with Crippen LogP contribution < -0.4 is 14.2 Å². The Morgan fingerprint density at radius 2 is 1.85 bits per heavy atom. The predicted molar refractivity (Wildman–Crippen MR) is 128 cm³/mol. The summed E-state index contributed by atoms with van der Waals surface area (Å²) < 4.78 is 18.8. The zero-order chi connectivity index (χ0) is 24.0. The van der Waals surface area contributed by atoms with E-state index in [-0.39, 0.29) is 0 Å². The number of aliphatic carboxylic acids is 1. The van der Waals surface area contributed by atoms with Gasteiger partial charge in [-0.3, -0.25) is 4.68 Å². The number of ether oxygens (including phenoxy) is 3. The van der Waals surface area contributed by atoms with Gasteiger partial charge in [-0.1, -0.05) is 39.3 Å². The maximum absolute atomic E-state index is 11.1. The highest BCUT2D eigenvalue weighted by Crippen LogP contribution is 2.40. The number of carbonyl (C=O) groups is 1. The molecule has 0 aliphatic rings. The summed E-state index contributed by atoms with van der Waals surface area (Å²) in [5, 5.41) is 14.0. The summed E-state index contributed by atoms with van der Waals surface area (Å²) in [6.07, 6.45) is 1.91. The van der Waals surface area contributed by atoms with Crippen molar-refractivity contribution in [1.82, 2.24) is 9.78 Å². The van der Waals surface area contributed by atoms with Gasteiger partial charge in [0.1, 0.15) is 5.75 Å². The van der Waals surface area contributed by atoms with Crippen LogP contribution in [0.15, 0.2) is 42.5 Å². The number of benzene rings is 2. The van der Waals surface area contributed by atoms with Crippen LogP contribution >= 0.6 is 0 Å². The Hall–Kier alpha value is -3.48. The average Bonchev–Trinajstić information content (AvgIpc) is 3.20. The van der Waals surface area contributed by atoms with Crippen molar-refractivity contribution in [3.8, 4) is 39.8 Å². The fourth-order valence-corrected chi connectivity index (χ4v) is 3.83. The summed E-state index contributed by atoms with van der Waals surface area (Å²) in [6.45, 7) is 6.69. The lowest BCUT2D eigenvalue weighted by Crippen LogP contribution is -2.10. The molecule has 1 N–H and O–H groups in total. The van der Waals surface area contributed by atoms with Crippen LogP contribution in [0.1, 0.15) is 32.8 Å². The van der Waals surface area contributed by atoms with Crippen molar-refractivity contribution in [3.05, 3.63) is 48.0 Å². The topological polar surface area (TPSA) is 82.8 Å². The normalized spacial score (nSPS) is 11.0. The molecule has 0 fully saturated rings. The highest BCUT2D eigenvalue weighted by atomic mass is 16.5. The molecule has 0 unspecified atom stereocenters. The van der Waals surface area contributed by atoms with Gasteiger partial charge in [-0.25, -0.2) is 4.79 Å². The molecular weight excluding hydrogens is 420 g/mol. The Kier molecular flexibility index (Phi) is 7.98. The van der Waals surface area contributed by atoms with E-state index in [1.807, 2.05) is 47.1 Å². The first-order chi connectivity index (χ1) is 15.9. The summed E-state index contributed by atoms with van der Waals surface area (Å²) in [7, 11) is 3.24. The molecule has 1 heterocycles. The van der Waals surface area contributed by atoms with E-state index in [9.17, 15) is 4.79 Å². The van der Waals surface area contributed by atoms with Crippen molar-refractivity contribution in [1.29, 1.82) is 0 Å². The van der Waals surface area contributed by atoms with Crippen molar-refractivity contribution in [2.24, 2.45) is 5.92 Å². The van der Waals surface area contributed by atoms with Crippen LogP contribution in [0.5, 0.6) is 17.2 Å². The smallest absolute Gasteiger partial charge is 0.341 e. The minimum absolute atomic E-state index is 0.363. The van der Waals surface area contributed by atoms with Gasteiger partial charge in [0, 0.05) is 17.7 Å². The number of nitrogens with zero attached hydrogens (tertiary/aromatic N) is 2. The molecule has 1 aromatic heterocycles. The number of methoxy groups -OCH3 is 2. The molecule has 0 saturated heterocycles. The molecule has 0 amide bonds. The van der Waals surface area contributed by atoms with E-state index < -0.39 is 12.6 Å². The van der Waals surface area contributed by atoms with Crippen LogP contribution in [-0.2, 0) is 17.8 Å². The number of hydrogen-bond acceptors (Lipinski definition) is 5. The lowest BCUT2D eigenvalue weighted by atomic mass is 10.0. The summed E-state index contributed by atoms with van der Waals surface area (Å²) >= 11 is 0. The second-order valence-electron chi connectivity index (χ2n) is 8.29. The van der Waals surface area contributed by atoms with Crippen LogP contribution in [-0.4, -0.2) is 41.7 Å². The lowest BCUT2D eigenvalue weighted by molar-refractivity contribution is -0.139. The number of para-hydroxylation sites is 1. The molecule has 2 aromatic carbocycles. The molecule has 0 aliphatic carbocycles. The monoisotopic (exact) mass is 452 g/mol. The maximum Gasteiger partial charge on any atom is 0.341 e. The van der Waals surface area contributed by atoms with Gasteiger partial charge < -0.3 is 19.3 Å². The standard InChI is InChI=1S/C26H32N2O5/c1-6-8-18-11-12-23(33-16-25(29)30)20(13-18)21-14-22(28(27-21)15-17(2)3)19-9-7-10-24(31-4)26(19)32-5/h7,9-14,17H,6,8,15-16H2,1-5H3,(H,29,30). The third kappa shape index (κ3) is 5.66.